The highest BCUT2D eigenvalue weighted by atomic mass is 16.4. The van der Waals surface area contributed by atoms with Gasteiger partial charge in [-0.3, -0.25) is 19.3 Å². The van der Waals surface area contributed by atoms with Gasteiger partial charge in [0.05, 0.1) is 6.42 Å². The number of hydrogen-bond donors (Lipinski definition) is 1. The van der Waals surface area contributed by atoms with Crippen LogP contribution in [-0.2, 0) is 14.4 Å². The zero-order chi connectivity index (χ0) is 13.1. The molecule has 0 saturated carbocycles. The van der Waals surface area contributed by atoms with Crippen molar-refractivity contribution >= 4 is 23.9 Å². The lowest BCUT2D eigenvalue weighted by atomic mass is 10.1. The Morgan fingerprint density at radius 3 is 2.56 bits per heavy atom. The second-order valence-corrected chi connectivity index (χ2v) is 3.94. The minimum absolute atomic E-state index is 0.0407. The lowest BCUT2D eigenvalue weighted by molar-refractivity contribution is -0.148. The smallest absolute Gasteiger partial charge is 0.323 e. The van der Waals surface area contributed by atoms with E-state index in [0.29, 0.717) is 5.57 Å². The van der Waals surface area contributed by atoms with Crippen molar-refractivity contribution in [2.24, 2.45) is 0 Å². The maximum Gasteiger partial charge on any atom is 0.323 e. The molecule has 1 aliphatic rings. The van der Waals surface area contributed by atoms with Crippen molar-refractivity contribution in [1.82, 2.24) is 4.90 Å². The Bertz CT molecular complexity index is 533. The highest BCUT2D eigenvalue weighted by molar-refractivity contribution is 6.16. The van der Waals surface area contributed by atoms with Gasteiger partial charge in [0.25, 0.3) is 5.91 Å². The number of carbonyl (C=O) groups excluding carboxylic acids is 2. The summed E-state index contributed by atoms with van der Waals surface area (Å²) in [4.78, 5) is 34.7. The summed E-state index contributed by atoms with van der Waals surface area (Å²) < 4.78 is 0. The Kier molecular flexibility index (Phi) is 3.23. The molecule has 1 fully saturated rings. The van der Waals surface area contributed by atoms with Crippen LogP contribution >= 0.6 is 0 Å². The topological polar surface area (TPSA) is 74.7 Å². The van der Waals surface area contributed by atoms with E-state index >= 15 is 0 Å². The Labute approximate surface area is 103 Å². The van der Waals surface area contributed by atoms with E-state index in [9.17, 15) is 14.4 Å². The minimum atomic E-state index is -1.20. The minimum Gasteiger partial charge on any atom is -0.480 e. The number of carboxylic acid groups (broad SMARTS) is 1. The summed E-state index contributed by atoms with van der Waals surface area (Å²) in [7, 11) is 0. The van der Waals surface area contributed by atoms with E-state index < -0.39 is 24.3 Å². The summed E-state index contributed by atoms with van der Waals surface area (Å²) in [6.07, 6.45) is 1.57. The van der Waals surface area contributed by atoms with Gasteiger partial charge in [-0.05, 0) is 11.6 Å². The molecule has 1 heterocycles. The van der Waals surface area contributed by atoms with Gasteiger partial charge >= 0.3 is 5.97 Å². The van der Waals surface area contributed by atoms with Crippen molar-refractivity contribution < 1.29 is 19.5 Å². The van der Waals surface area contributed by atoms with Gasteiger partial charge in [0.2, 0.25) is 5.91 Å². The molecule has 1 aliphatic heterocycles. The molecule has 1 aromatic rings. The van der Waals surface area contributed by atoms with Crippen LogP contribution in [0, 0.1) is 0 Å². The molecule has 0 radical (unpaired) electrons. The Morgan fingerprint density at radius 1 is 1.28 bits per heavy atom. The zero-order valence-corrected chi connectivity index (χ0v) is 9.50. The van der Waals surface area contributed by atoms with E-state index in [4.69, 9.17) is 5.11 Å². The van der Waals surface area contributed by atoms with Gasteiger partial charge in [-0.15, -0.1) is 0 Å². The number of benzene rings is 1. The van der Waals surface area contributed by atoms with Crippen molar-refractivity contribution in [1.29, 1.82) is 0 Å². The van der Waals surface area contributed by atoms with Gasteiger partial charge in [-0.25, -0.2) is 0 Å². The second-order valence-electron chi connectivity index (χ2n) is 3.94. The largest absolute Gasteiger partial charge is 0.480 e. The summed E-state index contributed by atoms with van der Waals surface area (Å²) in [6, 6.07) is 9.11. The Hall–Kier alpha value is -2.43. The molecule has 1 N–H and O–H groups in total. The van der Waals surface area contributed by atoms with Crippen LogP contribution < -0.4 is 0 Å². The zero-order valence-electron chi connectivity index (χ0n) is 9.50. The quantitative estimate of drug-likeness (QED) is 0.634. The highest BCUT2D eigenvalue weighted by Gasteiger charge is 2.34. The van der Waals surface area contributed by atoms with Gasteiger partial charge < -0.3 is 5.11 Å². The van der Waals surface area contributed by atoms with Crippen molar-refractivity contribution in [3.63, 3.8) is 0 Å². The number of imide groups is 1. The third kappa shape index (κ3) is 2.45. The maximum atomic E-state index is 11.8. The number of hydrogen-bond acceptors (Lipinski definition) is 3. The highest BCUT2D eigenvalue weighted by Crippen LogP contribution is 2.21. The maximum absolute atomic E-state index is 11.8. The molecule has 2 amide bonds. The van der Waals surface area contributed by atoms with Crippen molar-refractivity contribution in [2.45, 2.75) is 6.42 Å². The molecule has 92 valence electrons. The first kappa shape index (κ1) is 12.0. The van der Waals surface area contributed by atoms with Gasteiger partial charge in [-0.1, -0.05) is 30.3 Å². The molecule has 0 aliphatic carbocycles. The third-order valence-corrected chi connectivity index (χ3v) is 2.60. The normalized spacial score (nSPS) is 17.6. The van der Waals surface area contributed by atoms with Crippen LogP contribution in [0.3, 0.4) is 0 Å². The van der Waals surface area contributed by atoms with Crippen LogP contribution in [0.25, 0.3) is 6.08 Å². The van der Waals surface area contributed by atoms with E-state index in [0.717, 1.165) is 10.5 Å². The molecular formula is C13H11NO4. The third-order valence-electron chi connectivity index (χ3n) is 2.60. The van der Waals surface area contributed by atoms with Gasteiger partial charge in [0, 0.05) is 5.57 Å². The van der Waals surface area contributed by atoms with Crippen LogP contribution in [0.2, 0.25) is 0 Å². The Balaban J connectivity index is 2.23. The molecule has 0 aromatic heterocycles. The van der Waals surface area contributed by atoms with Crippen molar-refractivity contribution in [2.75, 3.05) is 6.54 Å². The van der Waals surface area contributed by atoms with Gasteiger partial charge in [0.15, 0.2) is 0 Å². The molecule has 5 heteroatoms. The first-order chi connectivity index (χ1) is 8.58. The fourth-order valence-electron chi connectivity index (χ4n) is 1.78. The first-order valence-corrected chi connectivity index (χ1v) is 5.40. The first-order valence-electron chi connectivity index (χ1n) is 5.40. The molecule has 18 heavy (non-hydrogen) atoms. The van der Waals surface area contributed by atoms with Crippen LogP contribution in [0.4, 0.5) is 0 Å². The second kappa shape index (κ2) is 4.83. The van der Waals surface area contributed by atoms with E-state index in [1.54, 1.807) is 6.08 Å². The molecule has 5 nitrogen and oxygen atoms in total. The number of amides is 2. The summed E-state index contributed by atoms with van der Waals surface area (Å²) >= 11 is 0. The lowest BCUT2D eigenvalue weighted by Crippen LogP contribution is -2.34. The summed E-state index contributed by atoms with van der Waals surface area (Å²) in [5, 5.41) is 8.62. The number of carboxylic acids is 1. The molecule has 2 rings (SSSR count). The molecule has 0 unspecified atom stereocenters. The van der Waals surface area contributed by atoms with Crippen LogP contribution in [-0.4, -0.2) is 34.3 Å². The predicted octanol–water partition coefficient (Wildman–Crippen LogP) is 0.914. The molecule has 1 aromatic carbocycles. The number of carbonyl (C=O) groups is 3. The van der Waals surface area contributed by atoms with Crippen molar-refractivity contribution in [3.05, 3.63) is 41.5 Å². The van der Waals surface area contributed by atoms with Crippen LogP contribution in [0.15, 0.2) is 35.9 Å². The number of aliphatic carboxylic acids is 1. The average Bonchev–Trinajstić information content (AvgIpc) is 2.58. The van der Waals surface area contributed by atoms with Crippen molar-refractivity contribution in [3.8, 4) is 0 Å². The summed E-state index contributed by atoms with van der Waals surface area (Å²) in [5.41, 5.74) is 1.14. The van der Waals surface area contributed by atoms with Crippen LogP contribution in [0.1, 0.15) is 12.0 Å². The van der Waals surface area contributed by atoms with Gasteiger partial charge in [-0.2, -0.15) is 0 Å². The standard InChI is InChI=1S/C13H11NO4/c15-11-7-10(6-9-4-2-1-3-5-9)13(18)14(11)8-12(16)17/h1-6H,7-8H2,(H,16,17)/b10-6+. The number of likely N-dealkylation sites (tertiary alicyclic amines) is 1. The monoisotopic (exact) mass is 245 g/mol. The summed E-state index contributed by atoms with van der Waals surface area (Å²) in [5.74, 6) is -2.19. The molecule has 0 spiro atoms. The fourth-order valence-corrected chi connectivity index (χ4v) is 1.78. The lowest BCUT2D eigenvalue weighted by Gasteiger charge is -2.09. The molecule has 0 bridgehead atoms. The molecule has 1 saturated heterocycles. The summed E-state index contributed by atoms with van der Waals surface area (Å²) in [6.45, 7) is -0.580. The fraction of sp³-hybridized carbons (Fsp3) is 0.154. The molecular weight excluding hydrogens is 234 g/mol. The van der Waals surface area contributed by atoms with E-state index in [-0.39, 0.29) is 6.42 Å². The van der Waals surface area contributed by atoms with Crippen LogP contribution in [0.5, 0.6) is 0 Å². The number of nitrogens with zero attached hydrogens (tertiary/aromatic N) is 1. The van der Waals surface area contributed by atoms with E-state index in [2.05, 4.69) is 0 Å². The van der Waals surface area contributed by atoms with Gasteiger partial charge in [0.1, 0.15) is 6.54 Å². The van der Waals surface area contributed by atoms with E-state index in [1.165, 1.54) is 0 Å². The SMILES string of the molecule is O=C(O)CN1C(=O)C/C(=C\c2ccccc2)C1=O. The van der Waals surface area contributed by atoms with E-state index in [1.807, 2.05) is 30.3 Å². The number of rotatable bonds is 3. The molecule has 0 atom stereocenters. The predicted molar refractivity (Wildman–Crippen MR) is 63.4 cm³/mol. The average molecular weight is 245 g/mol. The Morgan fingerprint density at radius 2 is 1.94 bits per heavy atom.